The van der Waals surface area contributed by atoms with Crippen molar-refractivity contribution in [3.63, 3.8) is 0 Å². The predicted octanol–water partition coefficient (Wildman–Crippen LogP) is 2.53. The van der Waals surface area contributed by atoms with Gasteiger partial charge >= 0.3 is 0 Å². The van der Waals surface area contributed by atoms with Crippen molar-refractivity contribution in [1.82, 2.24) is 4.90 Å². The number of amides is 3. The number of aryl methyl sites for hydroxylation is 1. The number of hydrogen-bond donors (Lipinski definition) is 1. The number of nitrogens with zero attached hydrogens (tertiary/aromatic N) is 1. The first-order valence-electron chi connectivity index (χ1n) is 8.49. The first-order chi connectivity index (χ1) is 11.6. The lowest BCUT2D eigenvalue weighted by Crippen LogP contribution is -2.34. The van der Waals surface area contributed by atoms with Gasteiger partial charge in [-0.05, 0) is 37.0 Å². The third kappa shape index (κ3) is 3.25. The molecule has 1 aromatic rings. The molecule has 3 rings (SSSR count). The molecule has 5 nitrogen and oxygen atoms in total. The molecule has 126 valence electrons. The molecule has 0 spiro atoms. The molecule has 3 amide bonds. The molecule has 1 N–H and O–H groups in total. The highest BCUT2D eigenvalue weighted by molar-refractivity contribution is 6.05. The maximum Gasteiger partial charge on any atom is 0.233 e. The van der Waals surface area contributed by atoms with Crippen molar-refractivity contribution in [2.45, 2.75) is 32.6 Å². The number of allylic oxidation sites excluding steroid dienone is 2. The first kappa shape index (κ1) is 16.4. The highest BCUT2D eigenvalue weighted by Gasteiger charge is 2.46. The normalized spacial score (nSPS) is 22.6. The first-order valence-corrected chi connectivity index (χ1v) is 8.49. The maximum atomic E-state index is 12.3. The molecule has 0 bridgehead atoms. The van der Waals surface area contributed by atoms with Gasteiger partial charge in [0.25, 0.3) is 0 Å². The molecule has 1 aliphatic heterocycles. The van der Waals surface area contributed by atoms with E-state index in [-0.39, 0.29) is 42.5 Å². The van der Waals surface area contributed by atoms with Crippen molar-refractivity contribution in [1.29, 1.82) is 0 Å². The Kier molecular flexibility index (Phi) is 4.79. The SMILES string of the molecule is CCc1ccc(NC(=O)CCN2C(=O)[C@@H]3CC=CC[C@H]3C2=O)cc1. The fourth-order valence-electron chi connectivity index (χ4n) is 3.35. The molecule has 0 unspecified atom stereocenters. The van der Waals surface area contributed by atoms with Gasteiger partial charge in [0.2, 0.25) is 17.7 Å². The molecule has 0 radical (unpaired) electrons. The van der Waals surface area contributed by atoms with Crippen LogP contribution in [0.3, 0.4) is 0 Å². The van der Waals surface area contributed by atoms with Crippen LogP contribution in [0.1, 0.15) is 31.7 Å². The summed E-state index contributed by atoms with van der Waals surface area (Å²) in [7, 11) is 0. The van der Waals surface area contributed by atoms with Crippen LogP contribution in [-0.2, 0) is 20.8 Å². The molecule has 1 aliphatic carbocycles. The Morgan fingerprint density at radius 1 is 1.08 bits per heavy atom. The van der Waals surface area contributed by atoms with E-state index in [1.54, 1.807) is 0 Å². The number of imide groups is 1. The zero-order valence-corrected chi connectivity index (χ0v) is 13.8. The Hall–Kier alpha value is -2.43. The molecule has 2 atom stereocenters. The number of nitrogens with one attached hydrogen (secondary N) is 1. The minimum absolute atomic E-state index is 0.125. The van der Waals surface area contributed by atoms with E-state index in [1.165, 1.54) is 10.5 Å². The zero-order valence-electron chi connectivity index (χ0n) is 13.8. The summed E-state index contributed by atoms with van der Waals surface area (Å²) in [6, 6.07) is 7.67. The minimum atomic E-state index is -0.229. The van der Waals surface area contributed by atoms with Crippen molar-refractivity contribution >= 4 is 23.4 Å². The number of anilines is 1. The fraction of sp³-hybridized carbons (Fsp3) is 0.421. The van der Waals surface area contributed by atoms with Gasteiger partial charge in [0, 0.05) is 18.7 Å². The highest BCUT2D eigenvalue weighted by atomic mass is 16.2. The Morgan fingerprint density at radius 2 is 1.67 bits per heavy atom. The lowest BCUT2D eigenvalue weighted by molar-refractivity contribution is -0.140. The molecule has 1 heterocycles. The number of hydrogen-bond acceptors (Lipinski definition) is 3. The van der Waals surface area contributed by atoms with Crippen LogP contribution in [0.5, 0.6) is 0 Å². The summed E-state index contributed by atoms with van der Waals surface area (Å²) in [5.74, 6) is -0.906. The summed E-state index contributed by atoms with van der Waals surface area (Å²) in [6.45, 7) is 2.23. The van der Waals surface area contributed by atoms with Crippen LogP contribution in [0.25, 0.3) is 0 Å². The lowest BCUT2D eigenvalue weighted by Gasteiger charge is -2.14. The van der Waals surface area contributed by atoms with E-state index in [1.807, 2.05) is 36.4 Å². The molecule has 1 fully saturated rings. The van der Waals surface area contributed by atoms with E-state index in [9.17, 15) is 14.4 Å². The molecular weight excluding hydrogens is 304 g/mol. The lowest BCUT2D eigenvalue weighted by atomic mass is 9.85. The number of carbonyl (C=O) groups is 3. The smallest absolute Gasteiger partial charge is 0.233 e. The molecule has 0 saturated carbocycles. The minimum Gasteiger partial charge on any atom is -0.326 e. The maximum absolute atomic E-state index is 12.3. The van der Waals surface area contributed by atoms with Crippen molar-refractivity contribution in [3.8, 4) is 0 Å². The molecule has 1 aromatic carbocycles. The Labute approximate surface area is 141 Å². The van der Waals surface area contributed by atoms with Gasteiger partial charge in [0.1, 0.15) is 0 Å². The summed E-state index contributed by atoms with van der Waals surface area (Å²) in [6.07, 6.45) is 6.25. The average molecular weight is 326 g/mol. The number of likely N-dealkylation sites (tertiary alicyclic amines) is 1. The number of fused-ring (bicyclic) bond motifs is 1. The van der Waals surface area contributed by atoms with E-state index in [0.717, 1.165) is 12.1 Å². The molecule has 1 saturated heterocycles. The van der Waals surface area contributed by atoms with Gasteiger partial charge in [0.05, 0.1) is 11.8 Å². The van der Waals surface area contributed by atoms with Gasteiger partial charge < -0.3 is 5.32 Å². The van der Waals surface area contributed by atoms with Gasteiger partial charge in [-0.15, -0.1) is 0 Å². The van der Waals surface area contributed by atoms with Crippen LogP contribution in [-0.4, -0.2) is 29.2 Å². The van der Waals surface area contributed by atoms with Gasteiger partial charge in [-0.3, -0.25) is 19.3 Å². The molecule has 0 aromatic heterocycles. The molecular formula is C19H22N2O3. The van der Waals surface area contributed by atoms with Crippen LogP contribution < -0.4 is 5.32 Å². The second-order valence-corrected chi connectivity index (χ2v) is 6.33. The molecule has 5 heteroatoms. The highest BCUT2D eigenvalue weighted by Crippen LogP contribution is 2.34. The van der Waals surface area contributed by atoms with Crippen molar-refractivity contribution in [2.75, 3.05) is 11.9 Å². The largest absolute Gasteiger partial charge is 0.326 e. The van der Waals surface area contributed by atoms with E-state index in [2.05, 4.69) is 12.2 Å². The Morgan fingerprint density at radius 3 is 2.21 bits per heavy atom. The monoisotopic (exact) mass is 326 g/mol. The van der Waals surface area contributed by atoms with Crippen molar-refractivity contribution in [2.24, 2.45) is 11.8 Å². The molecule has 24 heavy (non-hydrogen) atoms. The summed E-state index contributed by atoms with van der Waals surface area (Å²) in [4.78, 5) is 38.0. The third-order valence-electron chi connectivity index (χ3n) is 4.81. The van der Waals surface area contributed by atoms with Crippen LogP contribution in [0.2, 0.25) is 0 Å². The second-order valence-electron chi connectivity index (χ2n) is 6.33. The van der Waals surface area contributed by atoms with Gasteiger partial charge in [-0.1, -0.05) is 31.2 Å². The fourth-order valence-corrected chi connectivity index (χ4v) is 3.35. The van der Waals surface area contributed by atoms with E-state index < -0.39 is 0 Å². The van der Waals surface area contributed by atoms with Crippen LogP contribution in [0.15, 0.2) is 36.4 Å². The predicted molar refractivity (Wildman–Crippen MR) is 91.1 cm³/mol. The van der Waals surface area contributed by atoms with E-state index >= 15 is 0 Å². The topological polar surface area (TPSA) is 66.5 Å². The zero-order chi connectivity index (χ0) is 17.1. The Balaban J connectivity index is 1.54. The third-order valence-corrected chi connectivity index (χ3v) is 4.81. The number of benzene rings is 1. The van der Waals surface area contributed by atoms with Gasteiger partial charge in [-0.2, -0.15) is 0 Å². The summed E-state index contributed by atoms with van der Waals surface area (Å²) in [5, 5.41) is 2.81. The quantitative estimate of drug-likeness (QED) is 0.668. The number of rotatable bonds is 5. The summed E-state index contributed by atoms with van der Waals surface area (Å²) in [5.41, 5.74) is 1.94. The van der Waals surface area contributed by atoms with Crippen LogP contribution in [0.4, 0.5) is 5.69 Å². The summed E-state index contributed by atoms with van der Waals surface area (Å²) >= 11 is 0. The van der Waals surface area contributed by atoms with Crippen LogP contribution in [0, 0.1) is 11.8 Å². The van der Waals surface area contributed by atoms with Gasteiger partial charge in [0.15, 0.2) is 0 Å². The van der Waals surface area contributed by atoms with Gasteiger partial charge in [-0.25, -0.2) is 0 Å². The van der Waals surface area contributed by atoms with E-state index in [4.69, 9.17) is 0 Å². The van der Waals surface area contributed by atoms with Crippen molar-refractivity contribution in [3.05, 3.63) is 42.0 Å². The summed E-state index contributed by atoms with van der Waals surface area (Å²) < 4.78 is 0. The van der Waals surface area contributed by atoms with Crippen molar-refractivity contribution < 1.29 is 14.4 Å². The standard InChI is InChI=1S/C19H22N2O3/c1-2-13-7-9-14(10-8-13)20-17(22)11-12-21-18(23)15-5-3-4-6-16(15)19(21)24/h3-4,7-10,15-16H,2,5-6,11-12H2,1H3,(H,20,22)/t15-,16-/m1/s1. The molecule has 2 aliphatic rings. The second kappa shape index (κ2) is 6.99. The van der Waals surface area contributed by atoms with Crippen LogP contribution >= 0.6 is 0 Å². The Bertz CT molecular complexity index is 652. The number of carbonyl (C=O) groups excluding carboxylic acids is 3. The van der Waals surface area contributed by atoms with E-state index in [0.29, 0.717) is 12.8 Å². The average Bonchev–Trinajstić information content (AvgIpc) is 2.85.